The minimum atomic E-state index is -0.281. The zero-order valence-corrected chi connectivity index (χ0v) is 7.67. The molecule has 12 heavy (non-hydrogen) atoms. The van der Waals surface area contributed by atoms with E-state index in [2.05, 4.69) is 15.9 Å². The second kappa shape index (κ2) is 2.75. The SMILES string of the molecule is O=C1OC(=CBr)c2ccccc21. The summed E-state index contributed by atoms with van der Waals surface area (Å²) in [6, 6.07) is 7.29. The molecule has 0 unspecified atom stereocenters. The summed E-state index contributed by atoms with van der Waals surface area (Å²) in [6.45, 7) is 0. The molecule has 1 aliphatic heterocycles. The lowest BCUT2D eigenvalue weighted by Gasteiger charge is -1.92. The number of carbonyl (C=O) groups is 1. The van der Waals surface area contributed by atoms with Gasteiger partial charge < -0.3 is 4.74 Å². The molecule has 3 heteroatoms. The van der Waals surface area contributed by atoms with Gasteiger partial charge in [-0.2, -0.15) is 0 Å². The molecule has 1 heterocycles. The van der Waals surface area contributed by atoms with E-state index in [1.54, 1.807) is 11.1 Å². The van der Waals surface area contributed by atoms with E-state index in [9.17, 15) is 4.79 Å². The van der Waals surface area contributed by atoms with E-state index in [4.69, 9.17) is 4.74 Å². The minimum Gasteiger partial charge on any atom is -0.422 e. The third kappa shape index (κ3) is 0.975. The van der Waals surface area contributed by atoms with E-state index in [1.165, 1.54) is 0 Å². The number of cyclic esters (lactones) is 1. The molecule has 0 N–H and O–H groups in total. The summed E-state index contributed by atoms with van der Waals surface area (Å²) in [7, 11) is 0. The van der Waals surface area contributed by atoms with Crippen molar-refractivity contribution in [2.45, 2.75) is 0 Å². The lowest BCUT2D eigenvalue weighted by atomic mass is 10.1. The van der Waals surface area contributed by atoms with E-state index in [1.807, 2.05) is 18.2 Å². The molecule has 1 aromatic carbocycles. The summed E-state index contributed by atoms with van der Waals surface area (Å²) in [5, 5.41) is 0. The molecular formula is C9H5BrO2. The van der Waals surface area contributed by atoms with E-state index in [0.717, 1.165) is 5.56 Å². The quantitative estimate of drug-likeness (QED) is 0.634. The smallest absolute Gasteiger partial charge is 0.344 e. The number of hydrogen-bond donors (Lipinski definition) is 0. The number of carbonyl (C=O) groups excluding carboxylic acids is 1. The first-order valence-corrected chi connectivity index (χ1v) is 4.36. The minimum absolute atomic E-state index is 0.281. The van der Waals surface area contributed by atoms with Gasteiger partial charge >= 0.3 is 5.97 Å². The van der Waals surface area contributed by atoms with Gasteiger partial charge in [0.1, 0.15) is 5.76 Å². The normalized spacial score (nSPS) is 17.8. The van der Waals surface area contributed by atoms with Gasteiger partial charge in [0, 0.05) is 10.5 Å². The van der Waals surface area contributed by atoms with Crippen LogP contribution in [0.1, 0.15) is 15.9 Å². The lowest BCUT2D eigenvalue weighted by molar-refractivity contribution is 0.0716. The predicted molar refractivity (Wildman–Crippen MR) is 48.8 cm³/mol. The Bertz CT molecular complexity index is 369. The van der Waals surface area contributed by atoms with Crippen LogP contribution >= 0.6 is 15.9 Å². The average Bonchev–Trinajstić information content (AvgIpc) is 2.44. The third-order valence-corrected chi connectivity index (χ3v) is 2.13. The van der Waals surface area contributed by atoms with Crippen LogP contribution in [-0.4, -0.2) is 5.97 Å². The number of halogens is 1. The number of rotatable bonds is 0. The molecule has 0 saturated heterocycles. The van der Waals surface area contributed by atoms with Gasteiger partial charge in [-0.05, 0) is 6.07 Å². The highest BCUT2D eigenvalue weighted by molar-refractivity contribution is 9.11. The van der Waals surface area contributed by atoms with Crippen molar-refractivity contribution in [2.24, 2.45) is 0 Å². The van der Waals surface area contributed by atoms with Crippen LogP contribution in [0.25, 0.3) is 5.76 Å². The molecule has 0 fully saturated rings. The highest BCUT2D eigenvalue weighted by Gasteiger charge is 2.24. The van der Waals surface area contributed by atoms with Crippen LogP contribution in [0.4, 0.5) is 0 Å². The fourth-order valence-corrected chi connectivity index (χ4v) is 1.51. The summed E-state index contributed by atoms with van der Waals surface area (Å²) in [4.78, 5) is 12.8. The number of ether oxygens (including phenoxy) is 1. The van der Waals surface area contributed by atoms with E-state index < -0.39 is 0 Å². The zero-order valence-electron chi connectivity index (χ0n) is 6.08. The molecule has 0 aromatic heterocycles. The maximum Gasteiger partial charge on any atom is 0.344 e. The molecule has 2 nitrogen and oxygen atoms in total. The fraction of sp³-hybridized carbons (Fsp3) is 0. The van der Waals surface area contributed by atoms with Gasteiger partial charge in [0.2, 0.25) is 0 Å². The molecule has 0 atom stereocenters. The Hall–Kier alpha value is -1.09. The molecule has 0 amide bonds. The summed E-state index contributed by atoms with van der Waals surface area (Å²) in [5.41, 5.74) is 1.47. The van der Waals surface area contributed by atoms with Crippen molar-refractivity contribution < 1.29 is 9.53 Å². The molecule has 0 spiro atoms. The summed E-state index contributed by atoms with van der Waals surface area (Å²) >= 11 is 3.13. The molecule has 2 rings (SSSR count). The zero-order chi connectivity index (χ0) is 8.55. The van der Waals surface area contributed by atoms with Crippen LogP contribution in [0, 0.1) is 0 Å². The van der Waals surface area contributed by atoms with Crippen LogP contribution in [-0.2, 0) is 4.74 Å². The number of fused-ring (bicyclic) bond motifs is 1. The number of benzene rings is 1. The number of esters is 1. The first kappa shape index (κ1) is 7.55. The van der Waals surface area contributed by atoms with Crippen molar-refractivity contribution in [3.05, 3.63) is 40.4 Å². The molecule has 1 aliphatic rings. The average molecular weight is 225 g/mol. The summed E-state index contributed by atoms with van der Waals surface area (Å²) in [5.74, 6) is 0.298. The van der Waals surface area contributed by atoms with Crippen molar-refractivity contribution in [2.75, 3.05) is 0 Å². The van der Waals surface area contributed by atoms with Crippen LogP contribution in [0.15, 0.2) is 29.3 Å². The second-order valence-corrected chi connectivity index (χ2v) is 2.87. The van der Waals surface area contributed by atoms with Gasteiger partial charge in [0.15, 0.2) is 0 Å². The molecule has 0 saturated carbocycles. The standard InChI is InChI=1S/C9H5BrO2/c10-5-8-6-3-1-2-4-7(6)9(11)12-8/h1-5H. The van der Waals surface area contributed by atoms with E-state index >= 15 is 0 Å². The van der Waals surface area contributed by atoms with Gasteiger partial charge in [0.05, 0.1) is 5.56 Å². The summed E-state index contributed by atoms with van der Waals surface area (Å²) in [6.07, 6.45) is 0. The van der Waals surface area contributed by atoms with Gasteiger partial charge in [-0.1, -0.05) is 34.1 Å². The van der Waals surface area contributed by atoms with Crippen LogP contribution in [0.3, 0.4) is 0 Å². The Balaban J connectivity index is 2.65. The van der Waals surface area contributed by atoms with Crippen molar-refractivity contribution in [3.8, 4) is 0 Å². The molecule has 1 aromatic rings. The highest BCUT2D eigenvalue weighted by atomic mass is 79.9. The molecule has 0 bridgehead atoms. The van der Waals surface area contributed by atoms with Crippen molar-refractivity contribution >= 4 is 27.7 Å². The first-order valence-electron chi connectivity index (χ1n) is 3.45. The van der Waals surface area contributed by atoms with Gasteiger partial charge in [-0.15, -0.1) is 0 Å². The molecule has 0 radical (unpaired) electrons. The Morgan fingerprint density at radius 3 is 2.58 bits per heavy atom. The van der Waals surface area contributed by atoms with Gasteiger partial charge in [0.25, 0.3) is 0 Å². The Morgan fingerprint density at radius 1 is 1.25 bits per heavy atom. The maximum absolute atomic E-state index is 11.2. The molecular weight excluding hydrogens is 220 g/mol. The third-order valence-electron chi connectivity index (χ3n) is 1.71. The second-order valence-electron chi connectivity index (χ2n) is 2.41. The Kier molecular flexibility index (Phi) is 1.73. The largest absolute Gasteiger partial charge is 0.422 e. The predicted octanol–water partition coefficient (Wildman–Crippen LogP) is 2.55. The lowest BCUT2D eigenvalue weighted by Crippen LogP contribution is -1.91. The van der Waals surface area contributed by atoms with E-state index in [0.29, 0.717) is 11.3 Å². The monoisotopic (exact) mass is 224 g/mol. The fourth-order valence-electron chi connectivity index (χ4n) is 1.17. The van der Waals surface area contributed by atoms with Crippen molar-refractivity contribution in [1.29, 1.82) is 0 Å². The van der Waals surface area contributed by atoms with Gasteiger partial charge in [-0.25, -0.2) is 4.79 Å². The Labute approximate surface area is 78.0 Å². The molecule has 60 valence electrons. The highest BCUT2D eigenvalue weighted by Crippen LogP contribution is 2.29. The topological polar surface area (TPSA) is 26.3 Å². The van der Waals surface area contributed by atoms with E-state index in [-0.39, 0.29) is 5.97 Å². The van der Waals surface area contributed by atoms with Crippen molar-refractivity contribution in [1.82, 2.24) is 0 Å². The first-order chi connectivity index (χ1) is 5.83. The van der Waals surface area contributed by atoms with Crippen LogP contribution < -0.4 is 0 Å². The maximum atomic E-state index is 11.2. The summed E-state index contributed by atoms with van der Waals surface area (Å²) < 4.78 is 4.96. The van der Waals surface area contributed by atoms with Gasteiger partial charge in [-0.3, -0.25) is 0 Å². The molecule has 0 aliphatic carbocycles. The Morgan fingerprint density at radius 2 is 1.92 bits per heavy atom. The van der Waals surface area contributed by atoms with Crippen LogP contribution in [0.2, 0.25) is 0 Å². The van der Waals surface area contributed by atoms with Crippen LogP contribution in [0.5, 0.6) is 0 Å². The number of hydrogen-bond acceptors (Lipinski definition) is 2. The van der Waals surface area contributed by atoms with Crippen molar-refractivity contribution in [3.63, 3.8) is 0 Å².